The lowest BCUT2D eigenvalue weighted by molar-refractivity contribution is -0.128. The molecule has 0 bridgehead atoms. The summed E-state index contributed by atoms with van der Waals surface area (Å²) in [5.74, 6) is -0.282. The van der Waals surface area contributed by atoms with Crippen LogP contribution in [-0.2, 0) is 11.3 Å². The van der Waals surface area contributed by atoms with E-state index in [1.165, 1.54) is 11.6 Å². The second-order valence-corrected chi connectivity index (χ2v) is 5.65. The number of aryl methyl sites for hydroxylation is 1. The van der Waals surface area contributed by atoms with Crippen LogP contribution in [0.2, 0.25) is 0 Å². The van der Waals surface area contributed by atoms with Gasteiger partial charge in [0.15, 0.2) is 0 Å². The average molecular weight is 290 g/mol. The number of rotatable bonds is 3. The number of carbonyl (C=O) groups excluding carboxylic acids is 1. The first-order chi connectivity index (χ1) is 9.66. The molecule has 0 saturated carbocycles. The summed E-state index contributed by atoms with van der Waals surface area (Å²) in [5, 5.41) is 7.18. The van der Waals surface area contributed by atoms with Crippen molar-refractivity contribution in [1.82, 2.24) is 10.2 Å². The molecule has 1 fully saturated rings. The van der Waals surface area contributed by atoms with Gasteiger partial charge in [0.05, 0.1) is 6.54 Å². The van der Waals surface area contributed by atoms with Crippen LogP contribution in [0.25, 0.3) is 0 Å². The Morgan fingerprint density at radius 2 is 2.20 bits per heavy atom. The van der Waals surface area contributed by atoms with E-state index in [0.29, 0.717) is 12.1 Å². The Morgan fingerprint density at radius 1 is 1.40 bits per heavy atom. The molecule has 1 aliphatic heterocycles. The molecular weight excluding hydrogens is 275 g/mol. The van der Waals surface area contributed by atoms with Crippen LogP contribution in [0.15, 0.2) is 35.0 Å². The molecule has 1 N–H and O–H groups in total. The predicted molar refractivity (Wildman–Crippen MR) is 76.7 cm³/mol. The summed E-state index contributed by atoms with van der Waals surface area (Å²) in [4.78, 5) is 13.8. The summed E-state index contributed by atoms with van der Waals surface area (Å²) in [6.07, 6.45) is -0.386. The molecule has 1 saturated heterocycles. The van der Waals surface area contributed by atoms with Crippen molar-refractivity contribution in [2.45, 2.75) is 19.6 Å². The van der Waals surface area contributed by atoms with E-state index in [1.54, 1.807) is 34.4 Å². The summed E-state index contributed by atoms with van der Waals surface area (Å²) >= 11 is 1.62. The highest BCUT2D eigenvalue weighted by atomic mass is 32.1. The molecule has 1 aliphatic rings. The number of nitrogens with zero attached hydrogens (tertiary/aromatic N) is 1. The first-order valence-corrected chi connectivity index (χ1v) is 7.40. The molecule has 3 rings (SSSR count). The van der Waals surface area contributed by atoms with Gasteiger partial charge >= 0.3 is 0 Å². The third-order valence-corrected chi connectivity index (χ3v) is 4.49. The molecule has 20 heavy (non-hydrogen) atoms. The fourth-order valence-electron chi connectivity index (χ4n) is 2.43. The minimum Gasteiger partial charge on any atom is -0.317 e. The number of amides is 1. The number of hydrogen-bond acceptors (Lipinski definition) is 3. The van der Waals surface area contributed by atoms with Crippen LogP contribution in [0.1, 0.15) is 22.9 Å². The van der Waals surface area contributed by atoms with Crippen molar-refractivity contribution in [3.8, 4) is 0 Å². The first-order valence-electron chi connectivity index (χ1n) is 6.46. The first kappa shape index (κ1) is 13.3. The zero-order valence-corrected chi connectivity index (χ0v) is 11.9. The van der Waals surface area contributed by atoms with E-state index >= 15 is 0 Å². The molecule has 1 amide bonds. The number of benzene rings is 1. The van der Waals surface area contributed by atoms with Crippen molar-refractivity contribution in [2.75, 3.05) is 6.54 Å². The zero-order valence-electron chi connectivity index (χ0n) is 11.1. The van der Waals surface area contributed by atoms with Crippen LogP contribution in [-0.4, -0.2) is 17.4 Å². The van der Waals surface area contributed by atoms with Crippen molar-refractivity contribution < 1.29 is 9.18 Å². The second kappa shape index (κ2) is 5.34. The molecule has 2 heterocycles. The molecule has 1 unspecified atom stereocenters. The maximum Gasteiger partial charge on any atom is 0.238 e. The van der Waals surface area contributed by atoms with Gasteiger partial charge < -0.3 is 4.90 Å². The van der Waals surface area contributed by atoms with Crippen LogP contribution in [0.3, 0.4) is 0 Å². The molecule has 3 nitrogen and oxygen atoms in total. The number of carbonyl (C=O) groups is 1. The van der Waals surface area contributed by atoms with Gasteiger partial charge in [-0.05, 0) is 34.9 Å². The molecule has 1 atom stereocenters. The third kappa shape index (κ3) is 2.34. The van der Waals surface area contributed by atoms with Gasteiger partial charge in [-0.1, -0.05) is 18.2 Å². The predicted octanol–water partition coefficient (Wildman–Crippen LogP) is 2.83. The van der Waals surface area contributed by atoms with Gasteiger partial charge in [-0.15, -0.1) is 0 Å². The third-order valence-electron chi connectivity index (χ3n) is 3.58. The summed E-state index contributed by atoms with van der Waals surface area (Å²) in [7, 11) is 0. The molecule has 1 aromatic heterocycles. The summed E-state index contributed by atoms with van der Waals surface area (Å²) in [6.45, 7) is 2.79. The SMILES string of the molecule is Cc1cscc1CN1C(=O)CNC1c1ccccc1F. The summed E-state index contributed by atoms with van der Waals surface area (Å²) in [6, 6.07) is 6.59. The summed E-state index contributed by atoms with van der Waals surface area (Å²) < 4.78 is 13.9. The monoisotopic (exact) mass is 290 g/mol. The smallest absolute Gasteiger partial charge is 0.238 e. The van der Waals surface area contributed by atoms with Gasteiger partial charge in [0.2, 0.25) is 5.91 Å². The van der Waals surface area contributed by atoms with Crippen molar-refractivity contribution in [3.63, 3.8) is 0 Å². The molecule has 0 spiro atoms. The van der Waals surface area contributed by atoms with E-state index in [0.717, 1.165) is 5.56 Å². The van der Waals surface area contributed by atoms with Crippen LogP contribution < -0.4 is 5.32 Å². The van der Waals surface area contributed by atoms with Crippen molar-refractivity contribution in [2.24, 2.45) is 0 Å². The maximum absolute atomic E-state index is 13.9. The van der Waals surface area contributed by atoms with Gasteiger partial charge in [0.1, 0.15) is 12.0 Å². The van der Waals surface area contributed by atoms with Crippen molar-refractivity contribution in [1.29, 1.82) is 0 Å². The van der Waals surface area contributed by atoms with E-state index < -0.39 is 0 Å². The van der Waals surface area contributed by atoms with E-state index in [2.05, 4.69) is 10.7 Å². The van der Waals surface area contributed by atoms with Crippen molar-refractivity contribution in [3.05, 3.63) is 57.5 Å². The standard InChI is InChI=1S/C15H15FN2OS/c1-10-8-20-9-11(10)7-18-14(19)6-17-15(18)12-4-2-3-5-13(12)16/h2-5,8-9,15,17H,6-7H2,1H3. The molecule has 0 radical (unpaired) electrons. The van der Waals surface area contributed by atoms with Crippen molar-refractivity contribution >= 4 is 17.2 Å². The summed E-state index contributed by atoms with van der Waals surface area (Å²) in [5.41, 5.74) is 2.81. The minimum absolute atomic E-state index is 0.00357. The van der Waals surface area contributed by atoms with Gasteiger partial charge in [-0.3, -0.25) is 10.1 Å². The quantitative estimate of drug-likeness (QED) is 0.942. The highest BCUT2D eigenvalue weighted by Gasteiger charge is 2.33. The van der Waals surface area contributed by atoms with Crippen LogP contribution >= 0.6 is 11.3 Å². The van der Waals surface area contributed by atoms with E-state index in [1.807, 2.05) is 12.3 Å². The molecule has 0 aliphatic carbocycles. The Hall–Kier alpha value is -1.72. The van der Waals surface area contributed by atoms with Gasteiger partial charge in [0.25, 0.3) is 0 Å². The lowest BCUT2D eigenvalue weighted by Crippen LogP contribution is -2.30. The highest BCUT2D eigenvalue weighted by Crippen LogP contribution is 2.27. The normalized spacial score (nSPS) is 18.8. The molecule has 2 aromatic rings. The molecule has 1 aromatic carbocycles. The van der Waals surface area contributed by atoms with E-state index in [4.69, 9.17) is 0 Å². The Balaban J connectivity index is 1.89. The molecule has 5 heteroatoms. The fraction of sp³-hybridized carbons (Fsp3) is 0.267. The zero-order chi connectivity index (χ0) is 14.1. The van der Waals surface area contributed by atoms with E-state index in [9.17, 15) is 9.18 Å². The maximum atomic E-state index is 13.9. The lowest BCUT2D eigenvalue weighted by atomic mass is 10.1. The Morgan fingerprint density at radius 3 is 2.90 bits per heavy atom. The topological polar surface area (TPSA) is 32.3 Å². The Kier molecular flexibility index (Phi) is 3.54. The van der Waals surface area contributed by atoms with Crippen LogP contribution in [0.5, 0.6) is 0 Å². The lowest BCUT2D eigenvalue weighted by Gasteiger charge is -2.25. The Labute approximate surface area is 121 Å². The fourth-order valence-corrected chi connectivity index (χ4v) is 3.27. The van der Waals surface area contributed by atoms with Crippen LogP contribution in [0.4, 0.5) is 4.39 Å². The van der Waals surface area contributed by atoms with E-state index in [-0.39, 0.29) is 24.4 Å². The molecule has 104 valence electrons. The Bertz CT molecular complexity index is 640. The van der Waals surface area contributed by atoms with Gasteiger partial charge in [-0.25, -0.2) is 4.39 Å². The number of thiophene rings is 1. The largest absolute Gasteiger partial charge is 0.317 e. The number of halogens is 1. The second-order valence-electron chi connectivity index (χ2n) is 4.91. The molecular formula is C15H15FN2OS. The van der Waals surface area contributed by atoms with Gasteiger partial charge in [0, 0.05) is 12.1 Å². The van der Waals surface area contributed by atoms with Crippen LogP contribution in [0, 0.1) is 12.7 Å². The number of hydrogen-bond donors (Lipinski definition) is 1. The number of nitrogens with one attached hydrogen (secondary N) is 1. The minimum atomic E-state index is -0.386. The van der Waals surface area contributed by atoms with Gasteiger partial charge in [-0.2, -0.15) is 11.3 Å². The highest BCUT2D eigenvalue weighted by molar-refractivity contribution is 7.08. The average Bonchev–Trinajstić information content (AvgIpc) is 2.99.